The fourth-order valence-electron chi connectivity index (χ4n) is 1.13. The number of nitrogens with two attached hydrogens (primary N) is 1. The van der Waals surface area contributed by atoms with Crippen LogP contribution in [-0.2, 0) is 0 Å². The van der Waals surface area contributed by atoms with Crippen molar-refractivity contribution in [2.24, 2.45) is 10.7 Å². The van der Waals surface area contributed by atoms with E-state index in [4.69, 9.17) is 17.3 Å². The van der Waals surface area contributed by atoms with E-state index in [1.807, 2.05) is 19.1 Å². The highest BCUT2D eigenvalue weighted by Gasteiger charge is 2.08. The molecule has 0 radical (unpaired) electrons. The van der Waals surface area contributed by atoms with Gasteiger partial charge in [-0.15, -0.1) is 12.4 Å². The Morgan fingerprint density at radius 3 is 2.56 bits per heavy atom. The first-order valence-electron chi connectivity index (χ1n) is 4.99. The molecule has 2 amide bonds. The molecule has 1 aromatic rings. The van der Waals surface area contributed by atoms with Crippen molar-refractivity contribution < 1.29 is 4.79 Å². The van der Waals surface area contributed by atoms with Crippen molar-refractivity contribution in [1.29, 1.82) is 0 Å². The van der Waals surface area contributed by atoms with Crippen LogP contribution < -0.4 is 11.1 Å². The molecule has 0 atom stereocenters. The molecule has 1 aromatic carbocycles. The zero-order chi connectivity index (χ0) is 13.0. The predicted octanol–water partition coefficient (Wildman–Crippen LogP) is 2.48. The predicted molar refractivity (Wildman–Crippen MR) is 77.8 cm³/mol. The Morgan fingerprint density at radius 2 is 2.06 bits per heavy atom. The Bertz CT molecular complexity index is 440. The molecule has 0 fully saturated rings. The highest BCUT2D eigenvalue weighted by molar-refractivity contribution is 6.34. The number of nitrogens with one attached hydrogen (secondary N) is 1. The lowest BCUT2D eigenvalue weighted by Gasteiger charge is -2.11. The summed E-state index contributed by atoms with van der Waals surface area (Å²) in [6, 6.07) is 4.81. The number of benzene rings is 1. The number of hydrogen-bond donors (Lipinski definition) is 2. The second-order valence-corrected chi connectivity index (χ2v) is 4.13. The fraction of sp³-hybridized carbons (Fsp3) is 0.273. The lowest BCUT2D eigenvalue weighted by molar-refractivity contribution is 0.259. The van der Waals surface area contributed by atoms with E-state index in [0.29, 0.717) is 10.7 Å². The molecule has 3 N–H and O–H groups in total. The lowest BCUT2D eigenvalue weighted by atomic mass is 10.2. The van der Waals surface area contributed by atoms with E-state index in [2.05, 4.69) is 10.3 Å². The monoisotopic (exact) mass is 290 g/mol. The summed E-state index contributed by atoms with van der Waals surface area (Å²) in [6.07, 6.45) is 0. The topological polar surface area (TPSA) is 70.7 Å². The number of para-hydroxylation sites is 1. The molecule has 0 aromatic heterocycles. The first-order chi connectivity index (χ1) is 7.91. The zero-order valence-electron chi connectivity index (χ0n) is 10.4. The van der Waals surface area contributed by atoms with Gasteiger partial charge in [0.05, 0.1) is 10.7 Å². The molecule has 0 saturated carbocycles. The Hall–Kier alpha value is -1.46. The van der Waals surface area contributed by atoms with Gasteiger partial charge in [0.1, 0.15) is 0 Å². The summed E-state index contributed by atoms with van der Waals surface area (Å²) >= 11 is 5.97. The molecule has 0 saturated heterocycles. The normalized spacial score (nSPS) is 10.6. The number of carbonyl (C=O) groups excluding carboxylic acids is 1. The highest BCUT2D eigenvalue weighted by Crippen LogP contribution is 2.25. The van der Waals surface area contributed by atoms with Crippen LogP contribution in [0.4, 0.5) is 10.5 Å². The number of urea groups is 1. The molecule has 0 heterocycles. The summed E-state index contributed by atoms with van der Waals surface area (Å²) in [7, 11) is 3.40. The number of amides is 2. The van der Waals surface area contributed by atoms with Crippen LogP contribution in [0.5, 0.6) is 0 Å². The van der Waals surface area contributed by atoms with E-state index < -0.39 is 6.03 Å². The van der Waals surface area contributed by atoms with Crippen molar-refractivity contribution in [1.82, 2.24) is 4.90 Å². The molecule has 5 nitrogen and oxygen atoms in total. The molecule has 0 unspecified atom stereocenters. The number of rotatable bonds is 1. The first-order valence-corrected chi connectivity index (χ1v) is 5.37. The van der Waals surface area contributed by atoms with Gasteiger partial charge in [0, 0.05) is 14.1 Å². The Morgan fingerprint density at radius 1 is 1.44 bits per heavy atom. The summed E-state index contributed by atoms with van der Waals surface area (Å²) in [5.74, 6) is 0.132. The number of nitrogens with zero attached hydrogens (tertiary/aromatic N) is 2. The number of hydrogen-bond acceptors (Lipinski definition) is 1. The second-order valence-electron chi connectivity index (χ2n) is 3.73. The van der Waals surface area contributed by atoms with Crippen LogP contribution in [0, 0.1) is 6.92 Å². The van der Waals surface area contributed by atoms with Gasteiger partial charge in [0.2, 0.25) is 0 Å². The molecule has 0 spiro atoms. The molecule has 100 valence electrons. The molecule has 0 bridgehead atoms. The third kappa shape index (κ3) is 4.43. The highest BCUT2D eigenvalue weighted by atomic mass is 35.5. The number of carbonyl (C=O) groups is 1. The second kappa shape index (κ2) is 7.08. The van der Waals surface area contributed by atoms with Crippen LogP contribution in [0.15, 0.2) is 23.2 Å². The minimum Gasteiger partial charge on any atom is -0.369 e. The maximum atomic E-state index is 11.6. The SMILES string of the molecule is Cc1cccc(Cl)c1NC(=O)/N=C(/N)N(C)C.Cl. The van der Waals surface area contributed by atoms with Gasteiger partial charge in [0.25, 0.3) is 0 Å². The summed E-state index contributed by atoms with van der Waals surface area (Å²) in [4.78, 5) is 16.8. The van der Waals surface area contributed by atoms with Crippen LogP contribution in [0.2, 0.25) is 5.02 Å². The number of anilines is 1. The van der Waals surface area contributed by atoms with Gasteiger partial charge in [-0.3, -0.25) is 0 Å². The van der Waals surface area contributed by atoms with Crippen molar-refractivity contribution in [2.45, 2.75) is 6.92 Å². The number of halogens is 2. The van der Waals surface area contributed by atoms with Crippen LogP contribution >= 0.6 is 24.0 Å². The van der Waals surface area contributed by atoms with E-state index in [9.17, 15) is 4.79 Å². The average molecular weight is 291 g/mol. The maximum Gasteiger partial charge on any atom is 0.348 e. The van der Waals surface area contributed by atoms with Crippen molar-refractivity contribution >= 4 is 41.7 Å². The third-order valence-electron chi connectivity index (χ3n) is 2.13. The molecule has 0 aliphatic carbocycles. The maximum absolute atomic E-state index is 11.6. The molecule has 0 aliphatic rings. The van der Waals surface area contributed by atoms with Gasteiger partial charge in [-0.1, -0.05) is 23.7 Å². The van der Waals surface area contributed by atoms with Crippen molar-refractivity contribution in [2.75, 3.05) is 19.4 Å². The molecular formula is C11H16Cl2N4O. The van der Waals surface area contributed by atoms with E-state index in [0.717, 1.165) is 5.56 Å². The largest absolute Gasteiger partial charge is 0.369 e. The molecular weight excluding hydrogens is 275 g/mol. The van der Waals surface area contributed by atoms with E-state index in [1.54, 1.807) is 25.1 Å². The first kappa shape index (κ1) is 16.5. The van der Waals surface area contributed by atoms with Gasteiger partial charge in [-0.05, 0) is 18.6 Å². The zero-order valence-corrected chi connectivity index (χ0v) is 12.0. The minimum atomic E-state index is -0.549. The lowest BCUT2D eigenvalue weighted by Crippen LogP contribution is -2.32. The van der Waals surface area contributed by atoms with Crippen LogP contribution in [-0.4, -0.2) is 31.0 Å². The summed E-state index contributed by atoms with van der Waals surface area (Å²) in [6.45, 7) is 1.85. The number of guanidine groups is 1. The third-order valence-corrected chi connectivity index (χ3v) is 2.44. The van der Waals surface area contributed by atoms with E-state index in [1.165, 1.54) is 0 Å². The standard InChI is InChI=1S/C11H15ClN4O.ClH/c1-7-5-4-6-8(12)9(7)14-11(17)15-10(13)16(2)3;/h4-6H,1-3H3,(H3,13,14,15,17);1H. The number of aliphatic imine (C=N–C) groups is 1. The summed E-state index contributed by atoms with van der Waals surface area (Å²) < 4.78 is 0. The van der Waals surface area contributed by atoms with Gasteiger partial charge in [-0.25, -0.2) is 4.79 Å². The average Bonchev–Trinajstić information content (AvgIpc) is 2.23. The van der Waals surface area contributed by atoms with Crippen LogP contribution in [0.3, 0.4) is 0 Å². The summed E-state index contributed by atoms with van der Waals surface area (Å²) in [5.41, 5.74) is 6.94. The van der Waals surface area contributed by atoms with Crippen molar-refractivity contribution in [3.63, 3.8) is 0 Å². The van der Waals surface area contributed by atoms with Gasteiger partial charge in [-0.2, -0.15) is 4.99 Å². The molecule has 18 heavy (non-hydrogen) atoms. The fourth-order valence-corrected chi connectivity index (χ4v) is 1.40. The minimum absolute atomic E-state index is 0. The van der Waals surface area contributed by atoms with Crippen LogP contribution in [0.1, 0.15) is 5.56 Å². The van der Waals surface area contributed by atoms with Crippen molar-refractivity contribution in [3.8, 4) is 0 Å². The Balaban J connectivity index is 0.00000289. The Labute approximate surface area is 117 Å². The van der Waals surface area contributed by atoms with E-state index >= 15 is 0 Å². The Kier molecular flexibility index (Phi) is 6.51. The van der Waals surface area contributed by atoms with Gasteiger partial charge in [0.15, 0.2) is 5.96 Å². The van der Waals surface area contributed by atoms with Gasteiger partial charge >= 0.3 is 6.03 Å². The van der Waals surface area contributed by atoms with E-state index in [-0.39, 0.29) is 18.4 Å². The molecule has 7 heteroatoms. The molecule has 0 aliphatic heterocycles. The van der Waals surface area contributed by atoms with Crippen molar-refractivity contribution in [3.05, 3.63) is 28.8 Å². The smallest absolute Gasteiger partial charge is 0.348 e. The summed E-state index contributed by atoms with van der Waals surface area (Å²) in [5, 5.41) is 3.07. The van der Waals surface area contributed by atoms with Crippen LogP contribution in [0.25, 0.3) is 0 Å². The molecule has 1 rings (SSSR count). The number of aryl methyl sites for hydroxylation is 1. The quantitative estimate of drug-likeness (QED) is 0.617. The van der Waals surface area contributed by atoms with Gasteiger partial charge < -0.3 is 16.0 Å².